The molecule has 2 bridgehead atoms. The van der Waals surface area contributed by atoms with Gasteiger partial charge in [0.25, 0.3) is 0 Å². The first-order valence-corrected chi connectivity index (χ1v) is 7.82. The zero-order valence-corrected chi connectivity index (χ0v) is 12.5. The third-order valence-corrected chi connectivity index (χ3v) is 5.42. The summed E-state index contributed by atoms with van der Waals surface area (Å²) in [6.45, 7) is 0. The van der Waals surface area contributed by atoms with Crippen molar-refractivity contribution in [2.24, 2.45) is 11.7 Å². The fourth-order valence-corrected chi connectivity index (χ4v) is 4.19. The summed E-state index contributed by atoms with van der Waals surface area (Å²) < 4.78 is 0. The van der Waals surface area contributed by atoms with Crippen LogP contribution in [0.3, 0.4) is 0 Å². The summed E-state index contributed by atoms with van der Waals surface area (Å²) in [5.74, 6) is -0.865. The second-order valence-electron chi connectivity index (χ2n) is 6.56. The van der Waals surface area contributed by atoms with E-state index in [1.807, 2.05) is 30.3 Å². The molecule has 1 amide bonds. The molecule has 2 fully saturated rings. The number of rotatable bonds is 4. The van der Waals surface area contributed by atoms with Gasteiger partial charge in [0.15, 0.2) is 0 Å². The number of primary amides is 1. The zero-order valence-electron chi connectivity index (χ0n) is 12.5. The van der Waals surface area contributed by atoms with Crippen LogP contribution in [-0.2, 0) is 4.79 Å². The van der Waals surface area contributed by atoms with E-state index in [-0.39, 0.29) is 5.92 Å². The molecule has 2 saturated heterocycles. The lowest BCUT2D eigenvalue weighted by molar-refractivity contribution is -0.123. The van der Waals surface area contributed by atoms with Gasteiger partial charge in [0, 0.05) is 12.1 Å². The molecule has 4 heteroatoms. The molecule has 0 saturated carbocycles. The van der Waals surface area contributed by atoms with Gasteiger partial charge in [-0.05, 0) is 44.2 Å². The minimum absolute atomic E-state index is 0.163. The molecule has 4 unspecified atom stereocenters. The number of benzene rings is 1. The van der Waals surface area contributed by atoms with Gasteiger partial charge in [0.1, 0.15) is 0 Å². The SMILES string of the molecule is CN1C2CCC1CC(C(O)C(C(N)=O)c1ccccc1)C2. The topological polar surface area (TPSA) is 66.6 Å². The maximum absolute atomic E-state index is 11.9. The van der Waals surface area contributed by atoms with Crippen LogP contribution in [0.1, 0.15) is 37.2 Å². The number of hydrogen-bond donors (Lipinski definition) is 2. The molecule has 2 heterocycles. The molecule has 2 aliphatic rings. The average Bonchev–Trinajstić information content (AvgIpc) is 2.70. The van der Waals surface area contributed by atoms with E-state index in [9.17, 15) is 9.90 Å². The Hall–Kier alpha value is -1.39. The molecule has 0 spiro atoms. The molecule has 21 heavy (non-hydrogen) atoms. The van der Waals surface area contributed by atoms with E-state index < -0.39 is 17.9 Å². The average molecular weight is 288 g/mol. The van der Waals surface area contributed by atoms with Gasteiger partial charge in [-0.3, -0.25) is 4.79 Å². The van der Waals surface area contributed by atoms with Crippen LogP contribution in [0.4, 0.5) is 0 Å². The van der Waals surface area contributed by atoms with Gasteiger partial charge in [0.2, 0.25) is 5.91 Å². The second-order valence-corrected chi connectivity index (χ2v) is 6.56. The molecule has 3 N–H and O–H groups in total. The lowest BCUT2D eigenvalue weighted by atomic mass is 9.78. The van der Waals surface area contributed by atoms with Crippen molar-refractivity contribution in [1.82, 2.24) is 4.90 Å². The Morgan fingerprint density at radius 3 is 2.33 bits per heavy atom. The Bertz CT molecular complexity index is 491. The van der Waals surface area contributed by atoms with Gasteiger partial charge in [-0.25, -0.2) is 0 Å². The Morgan fingerprint density at radius 1 is 1.24 bits per heavy atom. The highest BCUT2D eigenvalue weighted by atomic mass is 16.3. The monoisotopic (exact) mass is 288 g/mol. The van der Waals surface area contributed by atoms with Crippen molar-refractivity contribution in [2.45, 2.75) is 49.8 Å². The first kappa shape index (κ1) is 14.5. The van der Waals surface area contributed by atoms with Crippen molar-refractivity contribution in [2.75, 3.05) is 7.05 Å². The van der Waals surface area contributed by atoms with E-state index in [0.29, 0.717) is 12.1 Å². The third-order valence-electron chi connectivity index (χ3n) is 5.42. The van der Waals surface area contributed by atoms with E-state index in [1.165, 1.54) is 12.8 Å². The highest BCUT2D eigenvalue weighted by Crippen LogP contribution is 2.41. The summed E-state index contributed by atoms with van der Waals surface area (Å²) in [4.78, 5) is 14.3. The molecule has 0 radical (unpaired) electrons. The minimum Gasteiger partial charge on any atom is -0.392 e. The van der Waals surface area contributed by atoms with E-state index in [1.54, 1.807) is 0 Å². The van der Waals surface area contributed by atoms with Gasteiger partial charge in [-0.15, -0.1) is 0 Å². The van der Waals surface area contributed by atoms with Gasteiger partial charge < -0.3 is 15.7 Å². The predicted octanol–water partition coefficient (Wildman–Crippen LogP) is 1.49. The molecular weight excluding hydrogens is 264 g/mol. The number of carbonyl (C=O) groups excluding carboxylic acids is 1. The number of aliphatic hydroxyl groups is 1. The summed E-state index contributed by atoms with van der Waals surface area (Å²) in [7, 11) is 2.17. The van der Waals surface area contributed by atoms with Crippen LogP contribution in [-0.4, -0.2) is 41.1 Å². The van der Waals surface area contributed by atoms with Crippen molar-refractivity contribution in [3.63, 3.8) is 0 Å². The van der Waals surface area contributed by atoms with Crippen molar-refractivity contribution in [1.29, 1.82) is 0 Å². The quantitative estimate of drug-likeness (QED) is 0.882. The largest absolute Gasteiger partial charge is 0.392 e. The maximum atomic E-state index is 11.9. The van der Waals surface area contributed by atoms with Crippen LogP contribution >= 0.6 is 0 Å². The van der Waals surface area contributed by atoms with Crippen molar-refractivity contribution in [3.05, 3.63) is 35.9 Å². The number of carbonyl (C=O) groups is 1. The zero-order chi connectivity index (χ0) is 15.0. The Balaban J connectivity index is 1.79. The molecule has 4 atom stereocenters. The molecule has 1 aromatic carbocycles. The number of fused-ring (bicyclic) bond motifs is 2. The Labute approximate surface area is 125 Å². The molecular formula is C17H24N2O2. The smallest absolute Gasteiger partial charge is 0.227 e. The van der Waals surface area contributed by atoms with Crippen molar-refractivity contribution < 1.29 is 9.90 Å². The van der Waals surface area contributed by atoms with Crippen LogP contribution in [0.5, 0.6) is 0 Å². The summed E-state index contributed by atoms with van der Waals surface area (Å²) in [5, 5.41) is 10.8. The summed E-state index contributed by atoms with van der Waals surface area (Å²) in [5.41, 5.74) is 6.40. The normalized spacial score (nSPS) is 31.8. The fraction of sp³-hybridized carbons (Fsp3) is 0.588. The summed E-state index contributed by atoms with van der Waals surface area (Å²) in [6, 6.07) is 10.5. The molecule has 0 aliphatic carbocycles. The van der Waals surface area contributed by atoms with Gasteiger partial charge in [-0.2, -0.15) is 0 Å². The minimum atomic E-state index is -0.679. The number of amides is 1. The standard InChI is InChI=1S/C17H24N2O2/c1-19-13-7-8-14(19)10-12(9-13)16(20)15(17(18)21)11-5-3-2-4-6-11/h2-6,12-16,20H,7-10H2,1H3,(H2,18,21). The molecule has 4 nitrogen and oxygen atoms in total. The highest BCUT2D eigenvalue weighted by Gasteiger charge is 2.43. The van der Waals surface area contributed by atoms with Gasteiger partial charge >= 0.3 is 0 Å². The predicted molar refractivity (Wildman–Crippen MR) is 81.7 cm³/mol. The van der Waals surface area contributed by atoms with Crippen LogP contribution in [0.2, 0.25) is 0 Å². The van der Waals surface area contributed by atoms with Gasteiger partial charge in [-0.1, -0.05) is 30.3 Å². The van der Waals surface area contributed by atoms with Crippen molar-refractivity contribution >= 4 is 5.91 Å². The number of nitrogens with two attached hydrogens (primary N) is 1. The van der Waals surface area contributed by atoms with E-state index in [2.05, 4.69) is 11.9 Å². The van der Waals surface area contributed by atoms with Crippen LogP contribution in [0.25, 0.3) is 0 Å². The van der Waals surface area contributed by atoms with Crippen LogP contribution < -0.4 is 5.73 Å². The van der Waals surface area contributed by atoms with Crippen LogP contribution in [0.15, 0.2) is 30.3 Å². The second kappa shape index (κ2) is 5.78. The first-order valence-electron chi connectivity index (χ1n) is 7.82. The summed E-state index contributed by atoms with van der Waals surface area (Å²) in [6.07, 6.45) is 3.66. The molecule has 0 aromatic heterocycles. The Morgan fingerprint density at radius 2 is 1.81 bits per heavy atom. The van der Waals surface area contributed by atoms with E-state index >= 15 is 0 Å². The molecule has 1 aromatic rings. The number of aliphatic hydroxyl groups excluding tert-OH is 1. The third kappa shape index (κ3) is 2.70. The van der Waals surface area contributed by atoms with E-state index in [0.717, 1.165) is 18.4 Å². The Kier molecular flexibility index (Phi) is 4.00. The number of piperidine rings is 1. The summed E-state index contributed by atoms with van der Waals surface area (Å²) >= 11 is 0. The molecule has 3 rings (SSSR count). The van der Waals surface area contributed by atoms with E-state index in [4.69, 9.17) is 5.73 Å². The first-order chi connectivity index (χ1) is 10.1. The number of hydrogen-bond acceptors (Lipinski definition) is 3. The lowest BCUT2D eigenvalue weighted by Gasteiger charge is -2.39. The maximum Gasteiger partial charge on any atom is 0.227 e. The van der Waals surface area contributed by atoms with Gasteiger partial charge in [0.05, 0.1) is 12.0 Å². The molecule has 2 aliphatic heterocycles. The lowest BCUT2D eigenvalue weighted by Crippen LogP contribution is -2.46. The number of nitrogens with zero attached hydrogens (tertiary/aromatic N) is 1. The van der Waals surface area contributed by atoms with Crippen LogP contribution in [0, 0.1) is 5.92 Å². The van der Waals surface area contributed by atoms with Crippen molar-refractivity contribution in [3.8, 4) is 0 Å². The fourth-order valence-electron chi connectivity index (χ4n) is 4.19. The highest BCUT2D eigenvalue weighted by molar-refractivity contribution is 5.82. The molecule has 114 valence electrons.